The molecule has 0 amide bonds. The minimum absolute atomic E-state index is 0.167. The molecule has 1 heterocycles. The van der Waals surface area contributed by atoms with E-state index in [9.17, 15) is 5.11 Å². The van der Waals surface area contributed by atoms with Crippen LogP contribution in [0.1, 0.15) is 61.6 Å². The number of nitrogens with zero attached hydrogens (tertiary/aromatic N) is 1. The van der Waals surface area contributed by atoms with Crippen molar-refractivity contribution in [2.24, 2.45) is 17.8 Å². The molecule has 33 heavy (non-hydrogen) atoms. The first-order valence-corrected chi connectivity index (χ1v) is 12.9. The van der Waals surface area contributed by atoms with Gasteiger partial charge in [-0.1, -0.05) is 60.1 Å². The van der Waals surface area contributed by atoms with Crippen molar-refractivity contribution in [3.63, 3.8) is 0 Å². The molecule has 2 aliphatic rings. The van der Waals surface area contributed by atoms with Crippen LogP contribution in [0.2, 0.25) is 0 Å². The molecule has 1 aromatic carbocycles. The van der Waals surface area contributed by atoms with Gasteiger partial charge in [0.2, 0.25) is 0 Å². The summed E-state index contributed by atoms with van der Waals surface area (Å²) >= 11 is 0. The Hall–Kier alpha value is -2.23. The van der Waals surface area contributed by atoms with Gasteiger partial charge in [-0.05, 0) is 93.5 Å². The summed E-state index contributed by atoms with van der Waals surface area (Å²) in [5, 5.41) is 14.2. The number of hydrogen-bond donors (Lipinski definition) is 2. The first-order valence-electron chi connectivity index (χ1n) is 12.9. The quantitative estimate of drug-likeness (QED) is 0.304. The van der Waals surface area contributed by atoms with Crippen molar-refractivity contribution >= 4 is 0 Å². The summed E-state index contributed by atoms with van der Waals surface area (Å²) in [6, 6.07) is 12.9. The zero-order chi connectivity index (χ0) is 22.9. The molecule has 4 atom stereocenters. The van der Waals surface area contributed by atoms with Crippen LogP contribution in [0.5, 0.6) is 0 Å². The van der Waals surface area contributed by atoms with Crippen molar-refractivity contribution in [1.29, 1.82) is 0 Å². The second kappa shape index (κ2) is 12.3. The van der Waals surface area contributed by atoms with Gasteiger partial charge >= 0.3 is 0 Å². The fourth-order valence-electron chi connectivity index (χ4n) is 5.67. The zero-order valence-electron chi connectivity index (χ0n) is 20.1. The van der Waals surface area contributed by atoms with Crippen molar-refractivity contribution in [2.75, 3.05) is 6.54 Å². The lowest BCUT2D eigenvalue weighted by Crippen LogP contribution is -2.17. The summed E-state index contributed by atoms with van der Waals surface area (Å²) in [6.07, 6.45) is 20.0. The lowest BCUT2D eigenvalue weighted by Gasteiger charge is -2.18. The van der Waals surface area contributed by atoms with Crippen LogP contribution in [-0.4, -0.2) is 22.7 Å². The molecule has 0 bridgehead atoms. The molecule has 0 unspecified atom stereocenters. The third kappa shape index (κ3) is 7.12. The van der Waals surface area contributed by atoms with Gasteiger partial charge in [0.1, 0.15) is 0 Å². The molecule has 2 aliphatic carbocycles. The van der Waals surface area contributed by atoms with Crippen LogP contribution in [-0.2, 0) is 13.0 Å². The van der Waals surface area contributed by atoms with E-state index in [0.29, 0.717) is 17.8 Å². The molecule has 0 radical (unpaired) electrons. The number of aromatic nitrogens is 1. The van der Waals surface area contributed by atoms with Crippen molar-refractivity contribution < 1.29 is 5.11 Å². The van der Waals surface area contributed by atoms with E-state index >= 15 is 0 Å². The Balaban J connectivity index is 1.12. The summed E-state index contributed by atoms with van der Waals surface area (Å²) in [5.74, 6) is 1.54. The van der Waals surface area contributed by atoms with Gasteiger partial charge in [0.25, 0.3) is 0 Å². The maximum Gasteiger partial charge on any atom is 0.0611 e. The lowest BCUT2D eigenvalue weighted by molar-refractivity contribution is 0.141. The number of fused-ring (bicyclic) bond motifs is 1. The fraction of sp³-hybridized carbons (Fsp3) is 0.500. The molecule has 3 heteroatoms. The van der Waals surface area contributed by atoms with E-state index in [-0.39, 0.29) is 6.10 Å². The number of pyridine rings is 1. The maximum absolute atomic E-state index is 10.6. The van der Waals surface area contributed by atoms with Gasteiger partial charge in [0, 0.05) is 24.9 Å². The highest BCUT2D eigenvalue weighted by atomic mass is 16.3. The number of aliphatic hydroxyl groups is 1. The molecule has 0 spiro atoms. The standard InChI is InChI=1S/C30H40N2O/c1-23-8-7-11-24(18-23)9-4-5-12-28-29-20-26(19-27(29)21-30(28)33)10-3-2-6-15-32-22-25-13-16-31-17-14-25/h5,7-8,11-14,16-19,27-30,32-33H,2-4,6,9-10,15,20-22H2,1H3/b12-5+/t27-,28+,29-,30+/m0/s1. The monoisotopic (exact) mass is 444 g/mol. The minimum atomic E-state index is -0.167. The van der Waals surface area contributed by atoms with Gasteiger partial charge in [-0.25, -0.2) is 0 Å². The van der Waals surface area contributed by atoms with E-state index in [4.69, 9.17) is 0 Å². The Kier molecular flexibility index (Phi) is 8.91. The van der Waals surface area contributed by atoms with E-state index in [1.807, 2.05) is 12.4 Å². The van der Waals surface area contributed by atoms with Gasteiger partial charge in [-0.3, -0.25) is 4.98 Å². The summed E-state index contributed by atoms with van der Waals surface area (Å²) in [4.78, 5) is 4.06. The highest BCUT2D eigenvalue weighted by Crippen LogP contribution is 2.48. The third-order valence-corrected chi connectivity index (χ3v) is 7.42. The van der Waals surface area contributed by atoms with Crippen molar-refractivity contribution in [1.82, 2.24) is 10.3 Å². The Morgan fingerprint density at radius 3 is 2.79 bits per heavy atom. The van der Waals surface area contributed by atoms with Crippen LogP contribution >= 0.6 is 0 Å². The van der Waals surface area contributed by atoms with E-state index < -0.39 is 0 Å². The number of rotatable bonds is 12. The molecule has 176 valence electrons. The topological polar surface area (TPSA) is 45.2 Å². The van der Waals surface area contributed by atoms with Gasteiger partial charge in [-0.15, -0.1) is 0 Å². The first kappa shape index (κ1) is 23.9. The van der Waals surface area contributed by atoms with E-state index in [1.54, 1.807) is 5.57 Å². The Morgan fingerprint density at radius 2 is 1.94 bits per heavy atom. The van der Waals surface area contributed by atoms with Gasteiger partial charge in [0.05, 0.1) is 6.10 Å². The summed E-state index contributed by atoms with van der Waals surface area (Å²) < 4.78 is 0. The van der Waals surface area contributed by atoms with Crippen LogP contribution in [0.25, 0.3) is 0 Å². The Morgan fingerprint density at radius 1 is 1.06 bits per heavy atom. The lowest BCUT2D eigenvalue weighted by atomic mass is 9.88. The number of benzene rings is 1. The molecule has 4 rings (SSSR count). The number of aliphatic hydroxyl groups excluding tert-OH is 1. The molecular weight excluding hydrogens is 404 g/mol. The number of allylic oxidation sites excluding steroid dienone is 3. The third-order valence-electron chi connectivity index (χ3n) is 7.42. The normalized spacial score (nSPS) is 24.4. The molecule has 3 nitrogen and oxygen atoms in total. The average molecular weight is 445 g/mol. The van der Waals surface area contributed by atoms with Crippen LogP contribution < -0.4 is 5.32 Å². The maximum atomic E-state index is 10.6. The largest absolute Gasteiger partial charge is 0.392 e. The van der Waals surface area contributed by atoms with Crippen molar-refractivity contribution in [3.05, 3.63) is 89.3 Å². The van der Waals surface area contributed by atoms with Crippen LogP contribution in [0.4, 0.5) is 0 Å². The minimum Gasteiger partial charge on any atom is -0.392 e. The second-order valence-electron chi connectivity index (χ2n) is 10.0. The average Bonchev–Trinajstić information content (AvgIpc) is 3.33. The molecule has 2 N–H and O–H groups in total. The molecule has 1 saturated carbocycles. The highest BCUT2D eigenvalue weighted by molar-refractivity contribution is 5.23. The molecule has 1 fully saturated rings. The Labute approximate surface area is 200 Å². The smallest absolute Gasteiger partial charge is 0.0611 e. The van der Waals surface area contributed by atoms with Crippen LogP contribution in [0.15, 0.2) is 72.6 Å². The van der Waals surface area contributed by atoms with Gasteiger partial charge < -0.3 is 10.4 Å². The molecule has 2 aromatic rings. The predicted molar refractivity (Wildman–Crippen MR) is 137 cm³/mol. The summed E-state index contributed by atoms with van der Waals surface area (Å²) in [6.45, 7) is 4.16. The summed E-state index contributed by atoms with van der Waals surface area (Å²) in [7, 11) is 0. The van der Waals surface area contributed by atoms with Gasteiger partial charge in [0.15, 0.2) is 0 Å². The summed E-state index contributed by atoms with van der Waals surface area (Å²) in [5.41, 5.74) is 5.67. The molecular formula is C30H40N2O. The molecule has 1 aromatic heterocycles. The number of unbranched alkanes of at least 4 members (excludes halogenated alkanes) is 2. The molecule has 0 saturated heterocycles. The fourth-order valence-corrected chi connectivity index (χ4v) is 5.67. The zero-order valence-corrected chi connectivity index (χ0v) is 20.1. The highest BCUT2D eigenvalue weighted by Gasteiger charge is 2.42. The number of nitrogens with one attached hydrogen (secondary N) is 1. The van der Waals surface area contributed by atoms with E-state index in [0.717, 1.165) is 32.4 Å². The first-order chi connectivity index (χ1) is 16.2. The van der Waals surface area contributed by atoms with Gasteiger partial charge in [-0.2, -0.15) is 0 Å². The van der Waals surface area contributed by atoms with Crippen LogP contribution in [0.3, 0.4) is 0 Å². The predicted octanol–water partition coefficient (Wildman–Crippen LogP) is 6.17. The van der Waals surface area contributed by atoms with E-state index in [2.05, 4.69) is 71.9 Å². The van der Waals surface area contributed by atoms with Crippen molar-refractivity contribution in [3.8, 4) is 0 Å². The van der Waals surface area contributed by atoms with Crippen molar-refractivity contribution in [2.45, 2.75) is 70.9 Å². The number of aryl methyl sites for hydroxylation is 2. The van der Waals surface area contributed by atoms with E-state index in [1.165, 1.54) is 48.8 Å². The second-order valence-corrected chi connectivity index (χ2v) is 10.0. The molecule has 0 aliphatic heterocycles. The Bertz CT molecular complexity index is 920. The number of hydrogen-bond acceptors (Lipinski definition) is 3. The van der Waals surface area contributed by atoms with Crippen LogP contribution in [0, 0.1) is 24.7 Å². The SMILES string of the molecule is Cc1cccc(CC/C=C/[C@@H]2[C@H]3CC(CCCCCNCc4ccncc4)=C[C@H]3C[C@H]2O)c1.